The van der Waals surface area contributed by atoms with E-state index < -0.39 is 0 Å². The Morgan fingerprint density at radius 3 is 2.48 bits per heavy atom. The lowest BCUT2D eigenvalue weighted by molar-refractivity contribution is -0.144. The summed E-state index contributed by atoms with van der Waals surface area (Å²) in [5.74, 6) is 0.331. The van der Waals surface area contributed by atoms with Crippen molar-refractivity contribution in [2.45, 2.75) is 77.0 Å². The van der Waals surface area contributed by atoms with Gasteiger partial charge in [-0.3, -0.25) is 4.79 Å². The second kappa shape index (κ2) is 7.80. The van der Waals surface area contributed by atoms with Crippen molar-refractivity contribution in [1.29, 1.82) is 0 Å². The topological polar surface area (TPSA) is 64.4 Å². The zero-order valence-corrected chi connectivity index (χ0v) is 14.4. The van der Waals surface area contributed by atoms with Gasteiger partial charge in [-0.15, -0.1) is 12.4 Å². The molecule has 21 heavy (non-hydrogen) atoms. The first-order valence-electron chi connectivity index (χ1n) is 8.16. The molecule has 2 aliphatic rings. The van der Waals surface area contributed by atoms with Crippen LogP contribution in [0.25, 0.3) is 0 Å². The number of hydrogen-bond acceptors (Lipinski definition) is 3. The predicted molar refractivity (Wildman–Crippen MR) is 87.5 cm³/mol. The molecule has 124 valence electrons. The SMILES string of the molecule is CCC1(CC)C(NC(=O)C2CCCC(N)C2)CC1OC.Cl. The van der Waals surface area contributed by atoms with E-state index >= 15 is 0 Å². The van der Waals surface area contributed by atoms with Crippen molar-refractivity contribution in [2.75, 3.05) is 7.11 Å². The minimum absolute atomic E-state index is 0. The van der Waals surface area contributed by atoms with Crippen LogP contribution >= 0.6 is 12.4 Å². The fourth-order valence-corrected chi connectivity index (χ4v) is 4.23. The molecule has 2 saturated carbocycles. The van der Waals surface area contributed by atoms with E-state index in [0.717, 1.165) is 44.9 Å². The first-order valence-corrected chi connectivity index (χ1v) is 8.16. The van der Waals surface area contributed by atoms with Crippen LogP contribution < -0.4 is 11.1 Å². The lowest BCUT2D eigenvalue weighted by atomic mass is 9.58. The van der Waals surface area contributed by atoms with Crippen molar-refractivity contribution in [3.63, 3.8) is 0 Å². The highest BCUT2D eigenvalue weighted by Gasteiger charge is 2.53. The van der Waals surface area contributed by atoms with E-state index in [0.29, 0.717) is 0 Å². The number of hydrogen-bond donors (Lipinski definition) is 2. The quantitative estimate of drug-likeness (QED) is 0.819. The van der Waals surface area contributed by atoms with Gasteiger partial charge in [-0.05, 0) is 38.5 Å². The summed E-state index contributed by atoms with van der Waals surface area (Å²) in [5, 5.41) is 3.29. The second-order valence-corrected chi connectivity index (χ2v) is 6.59. The van der Waals surface area contributed by atoms with Crippen molar-refractivity contribution >= 4 is 18.3 Å². The van der Waals surface area contributed by atoms with Crippen LogP contribution in [-0.2, 0) is 9.53 Å². The number of rotatable bonds is 5. The fourth-order valence-electron chi connectivity index (χ4n) is 4.23. The van der Waals surface area contributed by atoms with E-state index in [9.17, 15) is 4.79 Å². The molecule has 0 aromatic heterocycles. The van der Waals surface area contributed by atoms with Gasteiger partial charge in [-0.25, -0.2) is 0 Å². The summed E-state index contributed by atoms with van der Waals surface area (Å²) in [6.07, 6.45) is 7.32. The van der Waals surface area contributed by atoms with Gasteiger partial charge in [0.1, 0.15) is 0 Å². The first kappa shape index (κ1) is 18.7. The third kappa shape index (κ3) is 3.54. The van der Waals surface area contributed by atoms with Gasteiger partial charge in [0.15, 0.2) is 0 Å². The largest absolute Gasteiger partial charge is 0.381 e. The Kier molecular flexibility index (Phi) is 6.95. The summed E-state index contributed by atoms with van der Waals surface area (Å²) >= 11 is 0. The number of nitrogens with one attached hydrogen (secondary N) is 1. The van der Waals surface area contributed by atoms with E-state index in [4.69, 9.17) is 10.5 Å². The Bertz CT molecular complexity index is 347. The van der Waals surface area contributed by atoms with Crippen molar-refractivity contribution in [3.05, 3.63) is 0 Å². The molecule has 0 aromatic rings. The molecular weight excluding hydrogens is 288 g/mol. The number of carbonyl (C=O) groups excluding carboxylic acids is 1. The summed E-state index contributed by atoms with van der Waals surface area (Å²) in [5.41, 5.74) is 6.12. The molecule has 0 bridgehead atoms. The molecular formula is C16H31ClN2O2. The summed E-state index contributed by atoms with van der Waals surface area (Å²) < 4.78 is 5.59. The molecule has 3 N–H and O–H groups in total. The molecule has 4 nitrogen and oxygen atoms in total. The number of carbonyl (C=O) groups is 1. The minimum Gasteiger partial charge on any atom is -0.381 e. The fraction of sp³-hybridized carbons (Fsp3) is 0.938. The third-order valence-electron chi connectivity index (χ3n) is 5.79. The predicted octanol–water partition coefficient (Wildman–Crippen LogP) is 2.64. The first-order chi connectivity index (χ1) is 9.57. The molecule has 4 unspecified atom stereocenters. The van der Waals surface area contributed by atoms with Crippen molar-refractivity contribution in [1.82, 2.24) is 5.32 Å². The third-order valence-corrected chi connectivity index (χ3v) is 5.79. The maximum absolute atomic E-state index is 12.5. The smallest absolute Gasteiger partial charge is 0.223 e. The Labute approximate surface area is 135 Å². The van der Waals surface area contributed by atoms with Gasteiger partial charge in [0.25, 0.3) is 0 Å². The molecule has 0 aliphatic heterocycles. The highest BCUT2D eigenvalue weighted by Crippen LogP contribution is 2.48. The average molecular weight is 319 g/mol. The van der Waals surface area contributed by atoms with Gasteiger partial charge in [-0.1, -0.05) is 20.3 Å². The number of amides is 1. The maximum atomic E-state index is 12.5. The lowest BCUT2D eigenvalue weighted by Crippen LogP contribution is -2.64. The summed E-state index contributed by atoms with van der Waals surface area (Å²) in [4.78, 5) is 12.5. The molecule has 5 heteroatoms. The van der Waals surface area contributed by atoms with E-state index in [2.05, 4.69) is 19.2 Å². The van der Waals surface area contributed by atoms with Gasteiger partial charge < -0.3 is 15.8 Å². The van der Waals surface area contributed by atoms with Crippen LogP contribution in [0.3, 0.4) is 0 Å². The number of halogens is 1. The average Bonchev–Trinajstić information content (AvgIpc) is 2.44. The summed E-state index contributed by atoms with van der Waals surface area (Å²) in [6.45, 7) is 4.40. The zero-order valence-electron chi connectivity index (χ0n) is 13.6. The molecule has 0 spiro atoms. The number of methoxy groups -OCH3 is 1. The Morgan fingerprint density at radius 1 is 1.29 bits per heavy atom. The Morgan fingerprint density at radius 2 is 1.95 bits per heavy atom. The zero-order chi connectivity index (χ0) is 14.8. The molecule has 0 saturated heterocycles. The lowest BCUT2D eigenvalue weighted by Gasteiger charge is -2.55. The van der Waals surface area contributed by atoms with Gasteiger partial charge in [-0.2, -0.15) is 0 Å². The van der Waals surface area contributed by atoms with Crippen LogP contribution in [0.1, 0.15) is 58.8 Å². The highest BCUT2D eigenvalue weighted by atomic mass is 35.5. The van der Waals surface area contributed by atoms with Crippen LogP contribution in [0.15, 0.2) is 0 Å². The number of nitrogens with two attached hydrogens (primary N) is 1. The van der Waals surface area contributed by atoms with Crippen LogP contribution in [0.2, 0.25) is 0 Å². The Balaban J connectivity index is 0.00000220. The van der Waals surface area contributed by atoms with E-state index in [1.807, 2.05) is 0 Å². The monoisotopic (exact) mass is 318 g/mol. The summed E-state index contributed by atoms with van der Waals surface area (Å²) in [6, 6.07) is 0.475. The van der Waals surface area contributed by atoms with Crippen molar-refractivity contribution < 1.29 is 9.53 Å². The van der Waals surface area contributed by atoms with Crippen molar-refractivity contribution in [2.24, 2.45) is 17.1 Å². The molecule has 0 aromatic carbocycles. The van der Waals surface area contributed by atoms with Crippen LogP contribution in [0.5, 0.6) is 0 Å². The Hall–Kier alpha value is -0.320. The molecule has 0 radical (unpaired) electrons. The van der Waals surface area contributed by atoms with E-state index in [-0.39, 0.29) is 47.8 Å². The van der Waals surface area contributed by atoms with Gasteiger partial charge in [0, 0.05) is 30.5 Å². The molecule has 1 amide bonds. The summed E-state index contributed by atoms with van der Waals surface area (Å²) in [7, 11) is 1.78. The van der Waals surface area contributed by atoms with E-state index in [1.54, 1.807) is 7.11 Å². The minimum atomic E-state index is 0. The van der Waals surface area contributed by atoms with Gasteiger partial charge in [0.2, 0.25) is 5.91 Å². The maximum Gasteiger partial charge on any atom is 0.223 e. The number of ether oxygens (including phenoxy) is 1. The van der Waals surface area contributed by atoms with Gasteiger partial charge >= 0.3 is 0 Å². The normalized spacial score (nSPS) is 34.5. The molecule has 2 aliphatic carbocycles. The molecule has 4 atom stereocenters. The van der Waals surface area contributed by atoms with Crippen LogP contribution in [0, 0.1) is 11.3 Å². The van der Waals surface area contributed by atoms with E-state index in [1.165, 1.54) is 0 Å². The highest BCUT2D eigenvalue weighted by molar-refractivity contribution is 5.85. The molecule has 0 heterocycles. The second-order valence-electron chi connectivity index (χ2n) is 6.59. The van der Waals surface area contributed by atoms with Crippen molar-refractivity contribution in [3.8, 4) is 0 Å². The molecule has 2 fully saturated rings. The van der Waals surface area contributed by atoms with Crippen LogP contribution in [-0.4, -0.2) is 31.2 Å². The van der Waals surface area contributed by atoms with Crippen LogP contribution in [0.4, 0.5) is 0 Å². The van der Waals surface area contributed by atoms with Gasteiger partial charge in [0.05, 0.1) is 6.10 Å². The standard InChI is InChI=1S/C16H30N2O2.ClH/c1-4-16(5-2)13(10-14(16)20-3)18-15(19)11-7-6-8-12(17)9-11;/h11-14H,4-10,17H2,1-3H3,(H,18,19);1H. The molecule has 2 rings (SSSR count).